The summed E-state index contributed by atoms with van der Waals surface area (Å²) < 4.78 is 0. The molecule has 9 nitrogen and oxygen atoms in total. The predicted octanol–water partition coefficient (Wildman–Crippen LogP) is 2.85. The van der Waals surface area contributed by atoms with Crippen LogP contribution in [0.4, 0.5) is 4.79 Å². The zero-order valence-electron chi connectivity index (χ0n) is 20.6. The molecule has 1 spiro atoms. The molecule has 4 N–H and O–H groups in total. The monoisotopic (exact) mass is 518 g/mol. The number of nitrogens with two attached hydrogens (primary N) is 1. The Balaban J connectivity index is 1.39. The Morgan fingerprint density at radius 2 is 1.97 bits per heavy atom. The minimum absolute atomic E-state index is 0.00484. The van der Waals surface area contributed by atoms with E-state index in [0.717, 1.165) is 51.6 Å². The number of piperidine rings is 2. The van der Waals surface area contributed by atoms with Gasteiger partial charge < -0.3 is 25.7 Å². The van der Waals surface area contributed by atoms with Crippen LogP contribution in [0.15, 0.2) is 18.2 Å². The summed E-state index contributed by atoms with van der Waals surface area (Å²) in [6, 6.07) is 2.85. The summed E-state index contributed by atoms with van der Waals surface area (Å²) >= 11 is 6.57. The molecule has 0 radical (unpaired) electrons. The van der Waals surface area contributed by atoms with E-state index < -0.39 is 24.1 Å². The number of benzene rings is 1. The second-order valence-electron chi connectivity index (χ2n) is 11.0. The van der Waals surface area contributed by atoms with Crippen molar-refractivity contribution in [2.24, 2.45) is 11.1 Å². The lowest BCUT2D eigenvalue weighted by Gasteiger charge is -2.54. The first-order valence-electron chi connectivity index (χ1n) is 13.0. The zero-order valence-corrected chi connectivity index (χ0v) is 21.4. The third kappa shape index (κ3) is 4.35. The van der Waals surface area contributed by atoms with Gasteiger partial charge in [-0.05, 0) is 81.5 Å². The first-order valence-corrected chi connectivity index (χ1v) is 13.3. The van der Waals surface area contributed by atoms with Crippen LogP contribution in [0.5, 0.6) is 0 Å². The molecular formula is C26H35ClN4O5. The zero-order chi connectivity index (χ0) is 25.8. The number of likely N-dealkylation sites (tertiary alicyclic amines) is 1. The molecule has 1 aliphatic carbocycles. The van der Waals surface area contributed by atoms with E-state index in [2.05, 4.69) is 4.90 Å². The number of aliphatic hydroxyl groups is 1. The van der Waals surface area contributed by atoms with Crippen LogP contribution in [0.2, 0.25) is 5.02 Å². The second-order valence-corrected chi connectivity index (χ2v) is 11.4. The summed E-state index contributed by atoms with van der Waals surface area (Å²) in [4.78, 5) is 43.0. The Morgan fingerprint density at radius 3 is 2.58 bits per heavy atom. The molecular weight excluding hydrogens is 484 g/mol. The van der Waals surface area contributed by atoms with Crippen molar-refractivity contribution in [1.82, 2.24) is 14.7 Å². The van der Waals surface area contributed by atoms with Gasteiger partial charge in [0.2, 0.25) is 11.8 Å². The fourth-order valence-corrected chi connectivity index (χ4v) is 7.02. The second kappa shape index (κ2) is 9.50. The van der Waals surface area contributed by atoms with Gasteiger partial charge in [0.1, 0.15) is 6.04 Å². The standard InChI is InChI=1S/C26H35ClN4O5/c1-15-24(34)31-17(7-11-29-12-10-26(8-9-26)21(32)14-29)3-2-4-20(31)22(30(15)25(35)36)18-6-5-16(23(28)33)13-19(18)27/h5-6,13,15,17,20-22,32H,2-4,7-12,14H2,1H3,(H2,28,33)(H,35,36)/t15-,17+,20-,21+,22?/m0/s1. The van der Waals surface area contributed by atoms with Crippen molar-refractivity contribution < 1.29 is 24.6 Å². The average Bonchev–Trinajstić information content (AvgIpc) is 3.62. The highest BCUT2D eigenvalue weighted by Gasteiger charge is 2.53. The molecule has 0 bridgehead atoms. The molecule has 1 unspecified atom stereocenters. The molecule has 4 fully saturated rings. The van der Waals surface area contributed by atoms with Gasteiger partial charge in [-0.2, -0.15) is 0 Å². The quantitative estimate of drug-likeness (QED) is 0.550. The molecule has 5 rings (SSSR count). The first-order chi connectivity index (χ1) is 17.1. The SMILES string of the molecule is C[C@H]1C(=O)N2[C@@H](CCN3CCC4(CC4)[C@H](O)C3)CCC[C@H]2C(c2ccc(C(N)=O)cc2Cl)N1C(=O)O. The molecule has 0 aromatic heterocycles. The summed E-state index contributed by atoms with van der Waals surface area (Å²) in [5.41, 5.74) is 6.38. The number of aliphatic hydroxyl groups excluding tert-OH is 1. The highest BCUT2D eigenvalue weighted by Crippen LogP contribution is 2.53. The maximum atomic E-state index is 13.6. The van der Waals surface area contributed by atoms with Crippen molar-refractivity contribution in [2.45, 2.75) is 82.1 Å². The van der Waals surface area contributed by atoms with Gasteiger partial charge in [-0.25, -0.2) is 4.79 Å². The third-order valence-corrected chi connectivity index (χ3v) is 9.37. The lowest BCUT2D eigenvalue weighted by molar-refractivity contribution is -0.156. The van der Waals surface area contributed by atoms with Crippen molar-refractivity contribution >= 4 is 29.5 Å². The van der Waals surface area contributed by atoms with Crippen LogP contribution in [-0.2, 0) is 4.79 Å². The number of primary amides is 1. The van der Waals surface area contributed by atoms with Crippen LogP contribution < -0.4 is 5.73 Å². The van der Waals surface area contributed by atoms with Crippen molar-refractivity contribution in [3.05, 3.63) is 34.3 Å². The van der Waals surface area contributed by atoms with Gasteiger partial charge in [-0.3, -0.25) is 14.5 Å². The number of halogens is 1. The number of fused-ring (bicyclic) bond motifs is 1. The number of piperazine rings is 1. The van der Waals surface area contributed by atoms with Gasteiger partial charge in [0.05, 0.1) is 18.2 Å². The van der Waals surface area contributed by atoms with Crippen LogP contribution in [0, 0.1) is 5.41 Å². The maximum Gasteiger partial charge on any atom is 0.408 e. The van der Waals surface area contributed by atoms with Gasteiger partial charge in [-0.15, -0.1) is 0 Å². The summed E-state index contributed by atoms with van der Waals surface area (Å²) in [5.74, 6) is -0.788. The molecule has 10 heteroatoms. The Bertz CT molecular complexity index is 1060. The number of β-amino-alcohol motifs (C(OH)–C–C–N with tert-alkyl or cyclic N) is 1. The van der Waals surface area contributed by atoms with Gasteiger partial charge in [-0.1, -0.05) is 17.7 Å². The molecule has 3 aliphatic heterocycles. The minimum Gasteiger partial charge on any atom is -0.465 e. The van der Waals surface area contributed by atoms with Crippen LogP contribution in [-0.4, -0.2) is 86.7 Å². The van der Waals surface area contributed by atoms with E-state index in [-0.39, 0.29) is 40.1 Å². The number of carbonyl (C=O) groups excluding carboxylic acids is 2. The van der Waals surface area contributed by atoms with E-state index >= 15 is 0 Å². The normalized spacial score (nSPS) is 31.9. The molecule has 3 heterocycles. The van der Waals surface area contributed by atoms with E-state index in [9.17, 15) is 24.6 Å². The van der Waals surface area contributed by atoms with E-state index in [1.165, 1.54) is 11.0 Å². The lowest BCUT2D eigenvalue weighted by atomic mass is 9.82. The van der Waals surface area contributed by atoms with Crippen LogP contribution in [0.1, 0.15) is 73.8 Å². The minimum atomic E-state index is -1.17. The van der Waals surface area contributed by atoms with Crippen molar-refractivity contribution in [2.75, 3.05) is 19.6 Å². The van der Waals surface area contributed by atoms with Crippen LogP contribution >= 0.6 is 11.6 Å². The van der Waals surface area contributed by atoms with E-state index in [0.29, 0.717) is 18.5 Å². The summed E-state index contributed by atoms with van der Waals surface area (Å²) in [6.45, 7) is 4.07. The van der Waals surface area contributed by atoms with Gasteiger partial charge in [0.15, 0.2) is 0 Å². The number of carbonyl (C=O) groups is 3. The Hall–Kier alpha value is -2.36. The highest BCUT2D eigenvalue weighted by atomic mass is 35.5. The summed E-state index contributed by atoms with van der Waals surface area (Å²) in [6.07, 6.45) is 5.01. The van der Waals surface area contributed by atoms with Crippen molar-refractivity contribution in [3.8, 4) is 0 Å². The lowest BCUT2D eigenvalue weighted by Crippen LogP contribution is -2.66. The number of nitrogens with zero attached hydrogens (tertiary/aromatic N) is 3. The van der Waals surface area contributed by atoms with Crippen molar-refractivity contribution in [3.63, 3.8) is 0 Å². The summed E-state index contributed by atoms with van der Waals surface area (Å²) in [7, 11) is 0. The molecule has 1 saturated carbocycles. The Kier molecular flexibility index (Phi) is 6.68. The predicted molar refractivity (Wildman–Crippen MR) is 134 cm³/mol. The topological polar surface area (TPSA) is 127 Å². The third-order valence-electron chi connectivity index (χ3n) is 9.04. The number of carboxylic acid groups (broad SMARTS) is 1. The number of hydrogen-bond donors (Lipinski definition) is 3. The Morgan fingerprint density at radius 1 is 1.22 bits per heavy atom. The number of hydrogen-bond acceptors (Lipinski definition) is 5. The van der Waals surface area contributed by atoms with E-state index in [4.69, 9.17) is 17.3 Å². The van der Waals surface area contributed by atoms with Crippen LogP contribution in [0.25, 0.3) is 0 Å². The number of rotatable bonds is 5. The molecule has 1 aromatic rings. The highest BCUT2D eigenvalue weighted by molar-refractivity contribution is 6.31. The molecule has 1 aromatic carbocycles. The molecule has 3 amide bonds. The molecule has 3 saturated heterocycles. The number of amides is 3. The molecule has 196 valence electrons. The average molecular weight is 519 g/mol. The fourth-order valence-electron chi connectivity index (χ4n) is 6.73. The fraction of sp³-hybridized carbons (Fsp3) is 0.654. The maximum absolute atomic E-state index is 13.6. The van der Waals surface area contributed by atoms with Gasteiger partial charge in [0, 0.05) is 29.7 Å². The first kappa shape index (κ1) is 25.3. The Labute approximate surface area is 216 Å². The van der Waals surface area contributed by atoms with Crippen molar-refractivity contribution in [1.29, 1.82) is 0 Å². The van der Waals surface area contributed by atoms with Gasteiger partial charge >= 0.3 is 6.09 Å². The molecule has 36 heavy (non-hydrogen) atoms. The largest absolute Gasteiger partial charge is 0.465 e. The van der Waals surface area contributed by atoms with Crippen LogP contribution in [0.3, 0.4) is 0 Å². The summed E-state index contributed by atoms with van der Waals surface area (Å²) in [5, 5.41) is 21.0. The smallest absolute Gasteiger partial charge is 0.408 e. The van der Waals surface area contributed by atoms with E-state index in [1.807, 2.05) is 4.90 Å². The van der Waals surface area contributed by atoms with E-state index in [1.54, 1.807) is 19.1 Å². The molecule has 4 aliphatic rings. The van der Waals surface area contributed by atoms with Gasteiger partial charge in [0.25, 0.3) is 0 Å². The molecule has 5 atom stereocenters.